The number of phenolic OH excluding ortho intramolecular Hbond substituents is 1. The molecule has 1 atom stereocenters. The molecule has 0 amide bonds. The smallest absolute Gasteiger partial charge is 0.132 e. The van der Waals surface area contributed by atoms with Gasteiger partial charge in [-0.1, -0.05) is 18.2 Å². The number of phenols is 1. The SMILES string of the molecule is O=CC1c2ccccc2Oc2ccc(O)cc21. The number of ether oxygens (including phenoxy) is 1. The van der Waals surface area contributed by atoms with E-state index in [2.05, 4.69) is 0 Å². The second-order valence-electron chi connectivity index (χ2n) is 3.98. The van der Waals surface area contributed by atoms with Gasteiger partial charge < -0.3 is 14.6 Å². The van der Waals surface area contributed by atoms with E-state index in [0.717, 1.165) is 11.8 Å². The van der Waals surface area contributed by atoms with E-state index in [0.29, 0.717) is 17.1 Å². The van der Waals surface area contributed by atoms with Crippen LogP contribution in [-0.2, 0) is 4.79 Å². The van der Waals surface area contributed by atoms with Crippen LogP contribution in [0.25, 0.3) is 0 Å². The van der Waals surface area contributed by atoms with Crippen molar-refractivity contribution in [1.82, 2.24) is 0 Å². The van der Waals surface area contributed by atoms with Crippen LogP contribution < -0.4 is 4.74 Å². The van der Waals surface area contributed by atoms with Gasteiger partial charge in [-0.2, -0.15) is 0 Å². The van der Waals surface area contributed by atoms with Crippen molar-refractivity contribution in [2.45, 2.75) is 5.92 Å². The van der Waals surface area contributed by atoms with Gasteiger partial charge in [-0.15, -0.1) is 0 Å². The maximum Gasteiger partial charge on any atom is 0.132 e. The maximum atomic E-state index is 11.3. The molecule has 0 aliphatic carbocycles. The lowest BCUT2D eigenvalue weighted by Gasteiger charge is -2.24. The predicted octanol–water partition coefficient (Wildman–Crippen LogP) is 2.83. The number of hydrogen-bond acceptors (Lipinski definition) is 3. The summed E-state index contributed by atoms with van der Waals surface area (Å²) in [5, 5.41) is 9.48. The molecular weight excluding hydrogens is 216 g/mol. The van der Waals surface area contributed by atoms with Crippen molar-refractivity contribution in [3.8, 4) is 17.2 Å². The van der Waals surface area contributed by atoms with Crippen LogP contribution in [0.5, 0.6) is 17.2 Å². The van der Waals surface area contributed by atoms with Crippen LogP contribution in [0, 0.1) is 0 Å². The quantitative estimate of drug-likeness (QED) is 0.760. The van der Waals surface area contributed by atoms with Crippen LogP contribution in [0.3, 0.4) is 0 Å². The van der Waals surface area contributed by atoms with E-state index in [9.17, 15) is 9.90 Å². The third-order valence-corrected chi connectivity index (χ3v) is 2.94. The lowest BCUT2D eigenvalue weighted by atomic mass is 9.89. The van der Waals surface area contributed by atoms with Gasteiger partial charge in [0, 0.05) is 11.1 Å². The van der Waals surface area contributed by atoms with Gasteiger partial charge >= 0.3 is 0 Å². The fourth-order valence-corrected chi connectivity index (χ4v) is 2.13. The fraction of sp³-hybridized carbons (Fsp3) is 0.0714. The van der Waals surface area contributed by atoms with Gasteiger partial charge in [-0.05, 0) is 24.3 Å². The van der Waals surface area contributed by atoms with Crippen LogP contribution in [0.15, 0.2) is 42.5 Å². The van der Waals surface area contributed by atoms with Crippen molar-refractivity contribution in [2.24, 2.45) is 0 Å². The van der Waals surface area contributed by atoms with E-state index in [1.807, 2.05) is 24.3 Å². The number of aldehydes is 1. The zero-order valence-corrected chi connectivity index (χ0v) is 8.96. The van der Waals surface area contributed by atoms with Gasteiger partial charge in [-0.3, -0.25) is 0 Å². The van der Waals surface area contributed by atoms with E-state index < -0.39 is 0 Å². The molecule has 1 aliphatic heterocycles. The van der Waals surface area contributed by atoms with Gasteiger partial charge in [0.25, 0.3) is 0 Å². The van der Waals surface area contributed by atoms with Gasteiger partial charge in [0.2, 0.25) is 0 Å². The Morgan fingerprint density at radius 2 is 1.82 bits per heavy atom. The average molecular weight is 226 g/mol. The van der Waals surface area contributed by atoms with E-state index >= 15 is 0 Å². The topological polar surface area (TPSA) is 46.5 Å². The average Bonchev–Trinajstić information content (AvgIpc) is 2.36. The van der Waals surface area contributed by atoms with E-state index in [1.54, 1.807) is 18.2 Å². The standard InChI is InChI=1S/C14H10O3/c15-8-12-10-3-1-2-4-13(10)17-14-6-5-9(16)7-11(12)14/h1-8,12,16H. The molecule has 0 saturated heterocycles. The monoisotopic (exact) mass is 226 g/mol. The second kappa shape index (κ2) is 3.63. The first-order valence-electron chi connectivity index (χ1n) is 5.34. The van der Waals surface area contributed by atoms with Crippen LogP contribution in [0.2, 0.25) is 0 Å². The molecule has 1 N–H and O–H groups in total. The minimum atomic E-state index is -0.373. The number of carbonyl (C=O) groups excluding carboxylic acids is 1. The zero-order chi connectivity index (χ0) is 11.8. The van der Waals surface area contributed by atoms with Gasteiger partial charge in [-0.25, -0.2) is 0 Å². The minimum absolute atomic E-state index is 0.138. The molecular formula is C14H10O3. The molecule has 3 rings (SSSR count). The lowest BCUT2D eigenvalue weighted by Crippen LogP contribution is -2.10. The highest BCUT2D eigenvalue weighted by molar-refractivity contribution is 5.74. The third kappa shape index (κ3) is 1.47. The Labute approximate surface area is 98.3 Å². The summed E-state index contributed by atoms with van der Waals surface area (Å²) < 4.78 is 5.69. The fourth-order valence-electron chi connectivity index (χ4n) is 2.13. The third-order valence-electron chi connectivity index (χ3n) is 2.94. The molecule has 17 heavy (non-hydrogen) atoms. The van der Waals surface area contributed by atoms with Crippen LogP contribution in [0.4, 0.5) is 0 Å². The van der Waals surface area contributed by atoms with Crippen LogP contribution >= 0.6 is 0 Å². The highest BCUT2D eigenvalue weighted by Crippen LogP contribution is 2.43. The molecule has 0 saturated carbocycles. The molecule has 1 heterocycles. The maximum absolute atomic E-state index is 11.3. The van der Waals surface area contributed by atoms with Crippen molar-refractivity contribution in [3.05, 3.63) is 53.6 Å². The number of hydrogen-bond donors (Lipinski definition) is 1. The van der Waals surface area contributed by atoms with Crippen molar-refractivity contribution in [3.63, 3.8) is 0 Å². The Balaban J connectivity index is 2.22. The van der Waals surface area contributed by atoms with Crippen LogP contribution in [-0.4, -0.2) is 11.4 Å². The van der Waals surface area contributed by atoms with Crippen molar-refractivity contribution in [1.29, 1.82) is 0 Å². The Hall–Kier alpha value is -2.29. The predicted molar refractivity (Wildman–Crippen MR) is 62.5 cm³/mol. The van der Waals surface area contributed by atoms with Gasteiger partial charge in [0.05, 0.1) is 5.92 Å². The largest absolute Gasteiger partial charge is 0.508 e. The van der Waals surface area contributed by atoms with Gasteiger partial charge in [0.15, 0.2) is 0 Å². The summed E-state index contributed by atoms with van der Waals surface area (Å²) in [5.41, 5.74) is 1.54. The number of rotatable bonds is 1. The number of carbonyl (C=O) groups is 1. The highest BCUT2D eigenvalue weighted by Gasteiger charge is 2.26. The molecule has 84 valence electrons. The molecule has 2 aromatic carbocycles. The second-order valence-corrected chi connectivity index (χ2v) is 3.98. The Bertz CT molecular complexity index is 590. The van der Waals surface area contributed by atoms with Crippen molar-refractivity contribution in [2.75, 3.05) is 0 Å². The number of para-hydroxylation sites is 1. The summed E-state index contributed by atoms with van der Waals surface area (Å²) in [4.78, 5) is 11.3. The highest BCUT2D eigenvalue weighted by atomic mass is 16.5. The molecule has 1 unspecified atom stereocenters. The van der Waals surface area contributed by atoms with Gasteiger partial charge in [0.1, 0.15) is 23.5 Å². The van der Waals surface area contributed by atoms with Crippen LogP contribution in [0.1, 0.15) is 17.0 Å². The normalized spacial score (nSPS) is 16.6. The molecule has 0 fully saturated rings. The van der Waals surface area contributed by atoms with Crippen molar-refractivity contribution < 1.29 is 14.6 Å². The number of benzene rings is 2. The summed E-state index contributed by atoms with van der Waals surface area (Å²) in [6, 6.07) is 12.2. The van der Waals surface area contributed by atoms with E-state index in [1.165, 1.54) is 0 Å². The van der Waals surface area contributed by atoms with E-state index in [-0.39, 0.29) is 11.7 Å². The minimum Gasteiger partial charge on any atom is -0.508 e. The van der Waals surface area contributed by atoms with E-state index in [4.69, 9.17) is 4.74 Å². The van der Waals surface area contributed by atoms with Crippen molar-refractivity contribution >= 4 is 6.29 Å². The molecule has 3 heteroatoms. The summed E-state index contributed by atoms with van der Waals surface area (Å²) in [5.74, 6) is 1.09. The molecule has 0 spiro atoms. The summed E-state index contributed by atoms with van der Waals surface area (Å²) in [7, 11) is 0. The zero-order valence-electron chi connectivity index (χ0n) is 8.96. The molecule has 0 radical (unpaired) electrons. The molecule has 0 bridgehead atoms. The Morgan fingerprint density at radius 3 is 2.65 bits per heavy atom. The molecule has 2 aromatic rings. The summed E-state index contributed by atoms with van der Waals surface area (Å²) in [6.45, 7) is 0. The summed E-state index contributed by atoms with van der Waals surface area (Å²) >= 11 is 0. The molecule has 1 aliphatic rings. The lowest BCUT2D eigenvalue weighted by molar-refractivity contribution is -0.108. The Kier molecular flexibility index (Phi) is 2.11. The first-order chi connectivity index (χ1) is 8.29. The first-order valence-corrected chi connectivity index (χ1v) is 5.34. The molecule has 0 aromatic heterocycles. The first kappa shape index (κ1) is 9.90. The summed E-state index contributed by atoms with van der Waals surface area (Å²) in [6.07, 6.45) is 0.875. The molecule has 3 nitrogen and oxygen atoms in total. The number of aromatic hydroxyl groups is 1. The number of fused-ring (bicyclic) bond motifs is 2. The Morgan fingerprint density at radius 1 is 1.06 bits per heavy atom.